The van der Waals surface area contributed by atoms with Gasteiger partial charge in [0.05, 0.1) is 13.2 Å². The molecule has 3 N–H and O–H groups in total. The van der Waals surface area contributed by atoms with Crippen LogP contribution in [0.25, 0.3) is 0 Å². The molecular formula is C11H27N3O2. The number of hydrogen-bond donors (Lipinski definition) is 2. The van der Waals surface area contributed by atoms with Gasteiger partial charge in [-0.05, 0) is 41.2 Å². The van der Waals surface area contributed by atoms with Crippen molar-refractivity contribution < 1.29 is 9.84 Å². The highest BCUT2D eigenvalue weighted by molar-refractivity contribution is 4.66. The zero-order chi connectivity index (χ0) is 12.6. The molecule has 0 bridgehead atoms. The molecule has 98 valence electrons. The average molecular weight is 233 g/mol. The number of hydrogen-bond acceptors (Lipinski definition) is 5. The molecule has 0 saturated heterocycles. The fourth-order valence-electron chi connectivity index (χ4n) is 1.32. The SMILES string of the molecule is CN(C)CCC(COCCC(N)O)N(C)C. The molecule has 0 aromatic heterocycles. The number of likely N-dealkylation sites (N-methyl/N-ethyl adjacent to an activating group) is 1. The second-order valence-electron chi connectivity index (χ2n) is 4.64. The number of ether oxygens (including phenoxy) is 1. The summed E-state index contributed by atoms with van der Waals surface area (Å²) in [5.74, 6) is 0. The molecule has 0 radical (unpaired) electrons. The first-order chi connectivity index (χ1) is 7.43. The smallest absolute Gasteiger partial charge is 0.104 e. The van der Waals surface area contributed by atoms with Gasteiger partial charge in [-0.1, -0.05) is 0 Å². The standard InChI is InChI=1S/C11H27N3O2/c1-13(2)7-5-10(14(3)4)9-16-8-6-11(12)15/h10-11,15H,5-9,12H2,1-4H3. The first-order valence-corrected chi connectivity index (χ1v) is 5.76. The van der Waals surface area contributed by atoms with Crippen molar-refractivity contribution >= 4 is 0 Å². The van der Waals surface area contributed by atoms with Crippen molar-refractivity contribution in [2.75, 3.05) is 47.9 Å². The second-order valence-corrected chi connectivity index (χ2v) is 4.64. The molecule has 5 heteroatoms. The van der Waals surface area contributed by atoms with Gasteiger partial charge >= 0.3 is 0 Å². The van der Waals surface area contributed by atoms with Gasteiger partial charge in [0.1, 0.15) is 6.23 Å². The zero-order valence-corrected chi connectivity index (χ0v) is 11.0. The summed E-state index contributed by atoms with van der Waals surface area (Å²) < 4.78 is 5.50. The molecule has 0 fully saturated rings. The largest absolute Gasteiger partial charge is 0.380 e. The summed E-state index contributed by atoms with van der Waals surface area (Å²) in [5, 5.41) is 8.88. The van der Waals surface area contributed by atoms with Crippen molar-refractivity contribution in [2.24, 2.45) is 5.73 Å². The Kier molecular flexibility index (Phi) is 8.78. The van der Waals surface area contributed by atoms with Crippen molar-refractivity contribution in [1.82, 2.24) is 9.80 Å². The fraction of sp³-hybridized carbons (Fsp3) is 1.00. The van der Waals surface area contributed by atoms with E-state index in [-0.39, 0.29) is 0 Å². The van der Waals surface area contributed by atoms with E-state index in [4.69, 9.17) is 15.6 Å². The molecule has 0 rings (SSSR count). The van der Waals surface area contributed by atoms with E-state index in [2.05, 4.69) is 38.0 Å². The summed E-state index contributed by atoms with van der Waals surface area (Å²) in [5.41, 5.74) is 5.23. The molecule has 0 saturated carbocycles. The van der Waals surface area contributed by atoms with Gasteiger partial charge in [-0.25, -0.2) is 0 Å². The molecular weight excluding hydrogens is 206 g/mol. The summed E-state index contributed by atoms with van der Waals surface area (Å²) in [6, 6.07) is 0.414. The highest BCUT2D eigenvalue weighted by Gasteiger charge is 2.11. The molecule has 0 aliphatic rings. The molecule has 0 aromatic rings. The Bertz CT molecular complexity index is 163. The lowest BCUT2D eigenvalue weighted by Gasteiger charge is -2.25. The lowest BCUT2D eigenvalue weighted by Crippen LogP contribution is -2.35. The van der Waals surface area contributed by atoms with E-state index >= 15 is 0 Å². The Morgan fingerprint density at radius 3 is 2.25 bits per heavy atom. The molecule has 16 heavy (non-hydrogen) atoms. The van der Waals surface area contributed by atoms with Crippen molar-refractivity contribution in [1.29, 1.82) is 0 Å². The van der Waals surface area contributed by atoms with E-state index in [1.165, 1.54) is 0 Å². The number of aliphatic hydroxyl groups is 1. The minimum Gasteiger partial charge on any atom is -0.380 e. The predicted molar refractivity (Wildman–Crippen MR) is 66.3 cm³/mol. The van der Waals surface area contributed by atoms with Gasteiger partial charge in [0, 0.05) is 12.5 Å². The Balaban J connectivity index is 3.68. The van der Waals surface area contributed by atoms with E-state index in [1.54, 1.807) is 0 Å². The van der Waals surface area contributed by atoms with Gasteiger partial charge in [0.15, 0.2) is 0 Å². The Morgan fingerprint density at radius 2 is 1.81 bits per heavy atom. The van der Waals surface area contributed by atoms with Gasteiger partial charge in [-0.3, -0.25) is 0 Å². The van der Waals surface area contributed by atoms with Gasteiger partial charge < -0.3 is 25.4 Å². The van der Waals surface area contributed by atoms with Crippen LogP contribution in [0, 0.1) is 0 Å². The molecule has 0 aliphatic heterocycles. The Morgan fingerprint density at radius 1 is 1.19 bits per heavy atom. The van der Waals surface area contributed by atoms with Crippen LogP contribution in [0.2, 0.25) is 0 Å². The number of nitrogens with two attached hydrogens (primary N) is 1. The summed E-state index contributed by atoms with van der Waals surface area (Å²) in [7, 11) is 8.25. The van der Waals surface area contributed by atoms with Crippen LogP contribution in [0.1, 0.15) is 12.8 Å². The lowest BCUT2D eigenvalue weighted by molar-refractivity contribution is 0.0490. The monoisotopic (exact) mass is 233 g/mol. The predicted octanol–water partition coefficient (Wildman–Crippen LogP) is -0.448. The third-order valence-corrected chi connectivity index (χ3v) is 2.51. The third-order valence-electron chi connectivity index (χ3n) is 2.51. The number of rotatable bonds is 9. The maximum Gasteiger partial charge on any atom is 0.104 e. The van der Waals surface area contributed by atoms with Crippen molar-refractivity contribution in [3.8, 4) is 0 Å². The maximum absolute atomic E-state index is 8.88. The van der Waals surface area contributed by atoms with Crippen LogP contribution < -0.4 is 5.73 Å². The Hall–Kier alpha value is -0.200. The lowest BCUT2D eigenvalue weighted by atomic mass is 10.2. The molecule has 0 aromatic carbocycles. The van der Waals surface area contributed by atoms with Gasteiger partial charge in [-0.15, -0.1) is 0 Å². The fourth-order valence-corrected chi connectivity index (χ4v) is 1.32. The van der Waals surface area contributed by atoms with Gasteiger partial charge in [0.25, 0.3) is 0 Å². The summed E-state index contributed by atoms with van der Waals surface area (Å²) in [6.45, 7) is 2.25. The van der Waals surface area contributed by atoms with E-state index in [0.29, 0.717) is 25.7 Å². The number of nitrogens with zero attached hydrogens (tertiary/aromatic N) is 2. The summed E-state index contributed by atoms with van der Waals surface area (Å²) in [6.07, 6.45) is 0.804. The van der Waals surface area contributed by atoms with Crippen LogP contribution in [0.4, 0.5) is 0 Å². The quantitative estimate of drug-likeness (QED) is 0.417. The molecule has 0 aliphatic carbocycles. The van der Waals surface area contributed by atoms with Gasteiger partial charge in [-0.2, -0.15) is 0 Å². The van der Waals surface area contributed by atoms with Crippen molar-refractivity contribution in [3.63, 3.8) is 0 Å². The van der Waals surface area contributed by atoms with E-state index in [0.717, 1.165) is 13.0 Å². The second kappa shape index (κ2) is 8.90. The van der Waals surface area contributed by atoms with Crippen molar-refractivity contribution in [2.45, 2.75) is 25.1 Å². The summed E-state index contributed by atoms with van der Waals surface area (Å²) in [4.78, 5) is 4.34. The zero-order valence-electron chi connectivity index (χ0n) is 11.0. The van der Waals surface area contributed by atoms with Crippen LogP contribution in [0.3, 0.4) is 0 Å². The average Bonchev–Trinajstić information content (AvgIpc) is 2.15. The van der Waals surface area contributed by atoms with Crippen molar-refractivity contribution in [3.05, 3.63) is 0 Å². The highest BCUT2D eigenvalue weighted by Crippen LogP contribution is 2.02. The molecule has 5 nitrogen and oxygen atoms in total. The molecule has 0 heterocycles. The Labute approximate surface area is 99.2 Å². The summed E-state index contributed by atoms with van der Waals surface area (Å²) >= 11 is 0. The van der Waals surface area contributed by atoms with Crippen LogP contribution in [0.5, 0.6) is 0 Å². The van der Waals surface area contributed by atoms with E-state index in [1.807, 2.05) is 0 Å². The first-order valence-electron chi connectivity index (χ1n) is 5.76. The molecule has 0 spiro atoms. The normalized spacial score (nSPS) is 15.8. The minimum absolute atomic E-state index is 0.414. The number of aliphatic hydroxyl groups excluding tert-OH is 1. The molecule has 2 unspecified atom stereocenters. The van der Waals surface area contributed by atoms with Crippen LogP contribution in [-0.4, -0.2) is 75.1 Å². The first kappa shape index (κ1) is 15.8. The minimum atomic E-state index is -0.764. The van der Waals surface area contributed by atoms with E-state index < -0.39 is 6.23 Å². The van der Waals surface area contributed by atoms with Crippen LogP contribution in [-0.2, 0) is 4.74 Å². The van der Waals surface area contributed by atoms with Crippen LogP contribution >= 0.6 is 0 Å². The molecule has 2 atom stereocenters. The topological polar surface area (TPSA) is 62.0 Å². The molecule has 0 amide bonds. The third kappa shape index (κ3) is 9.06. The van der Waals surface area contributed by atoms with E-state index in [9.17, 15) is 0 Å². The highest BCUT2D eigenvalue weighted by atomic mass is 16.5. The van der Waals surface area contributed by atoms with Gasteiger partial charge in [0.2, 0.25) is 0 Å². The maximum atomic E-state index is 8.88. The van der Waals surface area contributed by atoms with Crippen LogP contribution in [0.15, 0.2) is 0 Å².